The van der Waals surface area contributed by atoms with Crippen LogP contribution in [0.5, 0.6) is 0 Å². The molecule has 5 nitrogen and oxygen atoms in total. The van der Waals surface area contributed by atoms with Crippen molar-refractivity contribution in [2.75, 3.05) is 18.0 Å². The summed E-state index contributed by atoms with van der Waals surface area (Å²) in [4.78, 5) is 25.7. The van der Waals surface area contributed by atoms with E-state index < -0.39 is 0 Å². The number of amides is 2. The molecular weight excluding hydrogens is 325 g/mol. The molecule has 22 heavy (non-hydrogen) atoms. The van der Waals surface area contributed by atoms with E-state index in [1.165, 1.54) is 0 Å². The molecule has 0 saturated carbocycles. The van der Waals surface area contributed by atoms with Gasteiger partial charge in [0.25, 0.3) is 0 Å². The average Bonchev–Trinajstić information content (AvgIpc) is 2.81. The van der Waals surface area contributed by atoms with Crippen molar-refractivity contribution in [3.8, 4) is 0 Å². The van der Waals surface area contributed by atoms with Gasteiger partial charge in [-0.15, -0.1) is 12.4 Å². The van der Waals surface area contributed by atoms with E-state index >= 15 is 0 Å². The van der Waals surface area contributed by atoms with Crippen molar-refractivity contribution in [2.24, 2.45) is 11.7 Å². The first-order valence-electron chi connectivity index (χ1n) is 7.06. The Hall–Kier alpha value is -1.30. The van der Waals surface area contributed by atoms with E-state index in [1.807, 2.05) is 6.92 Å². The Morgan fingerprint density at radius 1 is 1.45 bits per heavy atom. The lowest BCUT2D eigenvalue weighted by Crippen LogP contribution is -2.35. The first-order chi connectivity index (χ1) is 9.97. The molecule has 2 atom stereocenters. The molecule has 1 aromatic rings. The normalized spacial score (nSPS) is 18.8. The van der Waals surface area contributed by atoms with E-state index in [4.69, 9.17) is 17.3 Å². The van der Waals surface area contributed by atoms with Crippen molar-refractivity contribution < 1.29 is 9.59 Å². The van der Waals surface area contributed by atoms with E-state index in [-0.39, 0.29) is 42.6 Å². The quantitative estimate of drug-likeness (QED) is 0.856. The number of hydrogen-bond acceptors (Lipinski definition) is 3. The van der Waals surface area contributed by atoms with Gasteiger partial charge in [-0.05, 0) is 37.6 Å². The second kappa shape index (κ2) is 8.36. The molecule has 0 spiro atoms. The van der Waals surface area contributed by atoms with Gasteiger partial charge >= 0.3 is 0 Å². The highest BCUT2D eigenvalue weighted by Crippen LogP contribution is 2.26. The van der Waals surface area contributed by atoms with Gasteiger partial charge in [-0.1, -0.05) is 11.6 Å². The van der Waals surface area contributed by atoms with Crippen LogP contribution in [-0.4, -0.2) is 30.9 Å². The zero-order valence-electron chi connectivity index (χ0n) is 12.4. The summed E-state index contributed by atoms with van der Waals surface area (Å²) in [6.45, 7) is 2.85. The van der Waals surface area contributed by atoms with Crippen LogP contribution in [0.2, 0.25) is 5.02 Å². The SMILES string of the molecule is CC(N)CCNC(=O)C1CC(=O)N(c2ccc(Cl)cc2)C1.Cl. The van der Waals surface area contributed by atoms with Crippen molar-refractivity contribution >= 4 is 41.5 Å². The third kappa shape index (κ3) is 4.87. The molecule has 1 heterocycles. The average molecular weight is 346 g/mol. The number of nitrogens with zero attached hydrogens (tertiary/aromatic N) is 1. The van der Waals surface area contributed by atoms with Gasteiger partial charge in [0.15, 0.2) is 0 Å². The molecule has 7 heteroatoms. The van der Waals surface area contributed by atoms with E-state index in [0.29, 0.717) is 18.1 Å². The minimum absolute atomic E-state index is 0. The van der Waals surface area contributed by atoms with Crippen LogP contribution in [0, 0.1) is 5.92 Å². The van der Waals surface area contributed by atoms with Gasteiger partial charge in [0.05, 0.1) is 5.92 Å². The second-order valence-corrected chi connectivity index (χ2v) is 5.88. The number of benzene rings is 1. The molecule has 0 bridgehead atoms. The maximum atomic E-state index is 12.1. The lowest BCUT2D eigenvalue weighted by molar-refractivity contribution is -0.126. The smallest absolute Gasteiger partial charge is 0.227 e. The zero-order valence-corrected chi connectivity index (χ0v) is 14.0. The van der Waals surface area contributed by atoms with Crippen LogP contribution in [0.3, 0.4) is 0 Å². The van der Waals surface area contributed by atoms with Gasteiger partial charge in [0, 0.05) is 36.3 Å². The van der Waals surface area contributed by atoms with Crippen LogP contribution < -0.4 is 16.0 Å². The largest absolute Gasteiger partial charge is 0.356 e. The number of carbonyl (C=O) groups excluding carboxylic acids is 2. The number of rotatable bonds is 5. The number of anilines is 1. The Morgan fingerprint density at radius 3 is 2.68 bits per heavy atom. The Bertz CT molecular complexity index is 520. The topological polar surface area (TPSA) is 75.4 Å². The lowest BCUT2D eigenvalue weighted by atomic mass is 10.1. The van der Waals surface area contributed by atoms with Gasteiger partial charge in [0.2, 0.25) is 11.8 Å². The van der Waals surface area contributed by atoms with Crippen molar-refractivity contribution in [3.05, 3.63) is 29.3 Å². The van der Waals surface area contributed by atoms with Gasteiger partial charge in [0.1, 0.15) is 0 Å². The summed E-state index contributed by atoms with van der Waals surface area (Å²) >= 11 is 5.84. The summed E-state index contributed by atoms with van der Waals surface area (Å²) in [5.74, 6) is -0.425. The van der Waals surface area contributed by atoms with E-state index in [0.717, 1.165) is 12.1 Å². The zero-order chi connectivity index (χ0) is 15.4. The first-order valence-corrected chi connectivity index (χ1v) is 7.44. The summed E-state index contributed by atoms with van der Waals surface area (Å²) in [5, 5.41) is 3.46. The van der Waals surface area contributed by atoms with Crippen molar-refractivity contribution in [3.63, 3.8) is 0 Å². The van der Waals surface area contributed by atoms with Crippen molar-refractivity contribution in [1.82, 2.24) is 5.32 Å². The van der Waals surface area contributed by atoms with Crippen LogP contribution >= 0.6 is 24.0 Å². The maximum Gasteiger partial charge on any atom is 0.227 e. The standard InChI is InChI=1S/C15H20ClN3O2.ClH/c1-10(17)6-7-18-15(21)11-8-14(20)19(9-11)13-4-2-12(16)3-5-13;/h2-5,10-11H,6-9,17H2,1H3,(H,18,21);1H. The third-order valence-corrected chi connectivity index (χ3v) is 3.79. The number of nitrogens with two attached hydrogens (primary N) is 1. The second-order valence-electron chi connectivity index (χ2n) is 5.44. The van der Waals surface area contributed by atoms with E-state index in [2.05, 4.69) is 5.32 Å². The first kappa shape index (κ1) is 18.7. The molecule has 122 valence electrons. The van der Waals surface area contributed by atoms with Gasteiger partial charge < -0.3 is 16.0 Å². The van der Waals surface area contributed by atoms with Crippen LogP contribution in [0.4, 0.5) is 5.69 Å². The monoisotopic (exact) mass is 345 g/mol. The van der Waals surface area contributed by atoms with Crippen molar-refractivity contribution in [1.29, 1.82) is 0 Å². The Kier molecular flexibility index (Phi) is 7.13. The third-order valence-electron chi connectivity index (χ3n) is 3.53. The van der Waals surface area contributed by atoms with Gasteiger partial charge in [-0.25, -0.2) is 0 Å². The molecule has 0 radical (unpaired) electrons. The highest BCUT2D eigenvalue weighted by molar-refractivity contribution is 6.30. The molecule has 0 aliphatic carbocycles. The fraction of sp³-hybridized carbons (Fsp3) is 0.467. The molecule has 3 N–H and O–H groups in total. The molecule has 1 saturated heterocycles. The summed E-state index contributed by atoms with van der Waals surface area (Å²) < 4.78 is 0. The predicted octanol–water partition coefficient (Wildman–Crippen LogP) is 1.97. The van der Waals surface area contributed by atoms with Crippen LogP contribution in [0.1, 0.15) is 19.8 Å². The Balaban J connectivity index is 0.00000242. The Labute approximate surface area is 141 Å². The molecule has 1 aromatic carbocycles. The molecule has 2 rings (SSSR count). The molecule has 0 aromatic heterocycles. The Morgan fingerprint density at radius 2 is 2.09 bits per heavy atom. The highest BCUT2D eigenvalue weighted by atomic mass is 35.5. The van der Waals surface area contributed by atoms with Gasteiger partial charge in [-0.3, -0.25) is 9.59 Å². The molecule has 1 aliphatic heterocycles. The number of nitrogens with one attached hydrogen (secondary N) is 1. The molecule has 1 fully saturated rings. The summed E-state index contributed by atoms with van der Waals surface area (Å²) in [5.41, 5.74) is 6.41. The number of hydrogen-bond donors (Lipinski definition) is 2. The van der Waals surface area contributed by atoms with Crippen LogP contribution in [-0.2, 0) is 9.59 Å². The van der Waals surface area contributed by atoms with Crippen molar-refractivity contribution in [2.45, 2.75) is 25.8 Å². The highest BCUT2D eigenvalue weighted by Gasteiger charge is 2.34. The molecule has 1 aliphatic rings. The number of halogens is 2. The predicted molar refractivity (Wildman–Crippen MR) is 90.4 cm³/mol. The maximum absolute atomic E-state index is 12.1. The fourth-order valence-electron chi connectivity index (χ4n) is 2.32. The minimum atomic E-state index is -0.304. The fourth-order valence-corrected chi connectivity index (χ4v) is 2.45. The van der Waals surface area contributed by atoms with Crippen LogP contribution in [0.15, 0.2) is 24.3 Å². The number of carbonyl (C=O) groups is 2. The summed E-state index contributed by atoms with van der Waals surface area (Å²) in [7, 11) is 0. The molecular formula is C15H21Cl2N3O2. The summed E-state index contributed by atoms with van der Waals surface area (Å²) in [6.07, 6.45) is 0.972. The van der Waals surface area contributed by atoms with E-state index in [1.54, 1.807) is 29.2 Å². The minimum Gasteiger partial charge on any atom is -0.356 e. The van der Waals surface area contributed by atoms with Gasteiger partial charge in [-0.2, -0.15) is 0 Å². The lowest BCUT2D eigenvalue weighted by Gasteiger charge is -2.17. The van der Waals surface area contributed by atoms with E-state index in [9.17, 15) is 9.59 Å². The molecule has 2 unspecified atom stereocenters. The summed E-state index contributed by atoms with van der Waals surface area (Å²) in [6, 6.07) is 7.11. The van der Waals surface area contributed by atoms with Crippen LogP contribution in [0.25, 0.3) is 0 Å². The molecule has 2 amide bonds.